The van der Waals surface area contributed by atoms with E-state index in [0.29, 0.717) is 12.5 Å². The lowest BCUT2D eigenvalue weighted by Gasteiger charge is -2.47. The van der Waals surface area contributed by atoms with E-state index in [2.05, 4.69) is 28.9 Å². The molecule has 2 aliphatic heterocycles. The standard InChI is InChI=1S/C23H28N2O3/c1-16-19(17-6-9-22(26-2)24-14-17)7-8-21-20(16)15-27-23(28-21)10-12-25(13-11-23)18-4-3-5-18/h6-9,14,18H,3-5,10-13,15H2,1-2H3. The van der Waals surface area contributed by atoms with E-state index in [1.807, 2.05) is 18.3 Å². The third kappa shape index (κ3) is 3.07. The number of hydrogen-bond donors (Lipinski definition) is 0. The van der Waals surface area contributed by atoms with Crippen LogP contribution in [0, 0.1) is 6.92 Å². The summed E-state index contributed by atoms with van der Waals surface area (Å²) in [5, 5.41) is 0. The third-order valence-electron chi connectivity index (χ3n) is 6.74. The van der Waals surface area contributed by atoms with Gasteiger partial charge in [0.2, 0.25) is 11.7 Å². The van der Waals surface area contributed by atoms with E-state index in [1.54, 1.807) is 7.11 Å². The summed E-state index contributed by atoms with van der Waals surface area (Å²) in [6.45, 7) is 4.91. The van der Waals surface area contributed by atoms with Gasteiger partial charge in [0.25, 0.3) is 0 Å². The smallest absolute Gasteiger partial charge is 0.213 e. The van der Waals surface area contributed by atoms with Crippen LogP contribution >= 0.6 is 0 Å². The lowest BCUT2D eigenvalue weighted by Crippen LogP contribution is -2.54. The average molecular weight is 380 g/mol. The lowest BCUT2D eigenvalue weighted by molar-refractivity contribution is -0.231. The molecule has 2 aromatic rings. The van der Waals surface area contributed by atoms with Crippen molar-refractivity contribution in [3.8, 4) is 22.8 Å². The maximum atomic E-state index is 6.46. The first-order valence-corrected chi connectivity index (χ1v) is 10.4. The van der Waals surface area contributed by atoms with Crippen LogP contribution in [0.5, 0.6) is 11.6 Å². The highest BCUT2D eigenvalue weighted by Gasteiger charge is 2.43. The highest BCUT2D eigenvalue weighted by atomic mass is 16.7. The van der Waals surface area contributed by atoms with Crippen LogP contribution in [-0.2, 0) is 11.3 Å². The van der Waals surface area contributed by atoms with Crippen molar-refractivity contribution >= 4 is 0 Å². The van der Waals surface area contributed by atoms with E-state index in [0.717, 1.165) is 54.4 Å². The Morgan fingerprint density at radius 3 is 2.61 bits per heavy atom. The maximum Gasteiger partial charge on any atom is 0.213 e. The molecule has 28 heavy (non-hydrogen) atoms. The SMILES string of the molecule is COc1ccc(-c2ccc3c(c2C)COC2(CCN(C4CCC4)CC2)O3)cn1. The minimum atomic E-state index is -0.442. The zero-order chi connectivity index (χ0) is 19.1. The Morgan fingerprint density at radius 1 is 1.14 bits per heavy atom. The molecule has 1 aliphatic carbocycles. The summed E-state index contributed by atoms with van der Waals surface area (Å²) in [7, 11) is 1.63. The number of likely N-dealkylation sites (tertiary alicyclic amines) is 1. The molecule has 2 fully saturated rings. The molecule has 0 N–H and O–H groups in total. The fraction of sp³-hybridized carbons (Fsp3) is 0.522. The molecule has 3 heterocycles. The molecular weight excluding hydrogens is 352 g/mol. The Labute approximate surface area is 166 Å². The summed E-state index contributed by atoms with van der Waals surface area (Å²) >= 11 is 0. The number of methoxy groups -OCH3 is 1. The van der Waals surface area contributed by atoms with Crippen molar-refractivity contribution in [1.82, 2.24) is 9.88 Å². The zero-order valence-corrected chi connectivity index (χ0v) is 16.7. The van der Waals surface area contributed by atoms with Crippen LogP contribution in [0.2, 0.25) is 0 Å². The molecule has 0 radical (unpaired) electrons. The molecule has 1 saturated heterocycles. The van der Waals surface area contributed by atoms with Crippen LogP contribution in [-0.4, -0.2) is 41.9 Å². The highest BCUT2D eigenvalue weighted by molar-refractivity contribution is 5.70. The normalized spacial score (nSPS) is 21.6. The van der Waals surface area contributed by atoms with Crippen LogP contribution in [0.15, 0.2) is 30.5 Å². The van der Waals surface area contributed by atoms with Gasteiger partial charge < -0.3 is 14.2 Å². The molecule has 148 valence electrons. The average Bonchev–Trinajstić information content (AvgIpc) is 2.69. The van der Waals surface area contributed by atoms with Crippen molar-refractivity contribution in [3.05, 3.63) is 41.6 Å². The van der Waals surface area contributed by atoms with Gasteiger partial charge in [-0.25, -0.2) is 4.98 Å². The Morgan fingerprint density at radius 2 is 1.96 bits per heavy atom. The number of piperidine rings is 1. The number of pyridine rings is 1. The van der Waals surface area contributed by atoms with Gasteiger partial charge >= 0.3 is 0 Å². The Bertz CT molecular complexity index is 853. The molecule has 5 nitrogen and oxygen atoms in total. The van der Waals surface area contributed by atoms with E-state index in [4.69, 9.17) is 14.2 Å². The monoisotopic (exact) mass is 380 g/mol. The number of fused-ring (bicyclic) bond motifs is 1. The summed E-state index contributed by atoms with van der Waals surface area (Å²) in [5.74, 6) is 1.16. The van der Waals surface area contributed by atoms with Crippen LogP contribution < -0.4 is 9.47 Å². The van der Waals surface area contributed by atoms with Crippen molar-refractivity contribution in [2.24, 2.45) is 0 Å². The number of nitrogens with zero attached hydrogens (tertiary/aromatic N) is 2. The number of ether oxygens (including phenoxy) is 3. The molecular formula is C23H28N2O3. The van der Waals surface area contributed by atoms with Crippen molar-refractivity contribution in [2.45, 2.75) is 57.5 Å². The molecule has 0 bridgehead atoms. The fourth-order valence-electron chi connectivity index (χ4n) is 4.64. The van der Waals surface area contributed by atoms with Gasteiger partial charge in [0.05, 0.1) is 13.7 Å². The molecule has 0 atom stereocenters. The molecule has 1 aromatic heterocycles. The maximum absolute atomic E-state index is 6.46. The lowest BCUT2D eigenvalue weighted by atomic mass is 9.88. The van der Waals surface area contributed by atoms with E-state index in [-0.39, 0.29) is 0 Å². The number of aromatic nitrogens is 1. The first kappa shape index (κ1) is 18.0. The highest BCUT2D eigenvalue weighted by Crippen LogP contribution is 2.42. The van der Waals surface area contributed by atoms with Crippen molar-refractivity contribution in [3.63, 3.8) is 0 Å². The second kappa shape index (κ2) is 7.05. The van der Waals surface area contributed by atoms with Gasteiger partial charge in [0.1, 0.15) is 5.75 Å². The molecule has 5 rings (SSSR count). The second-order valence-electron chi connectivity index (χ2n) is 8.23. The third-order valence-corrected chi connectivity index (χ3v) is 6.74. The zero-order valence-electron chi connectivity index (χ0n) is 16.7. The Balaban J connectivity index is 1.35. The van der Waals surface area contributed by atoms with Gasteiger partial charge in [-0.1, -0.05) is 12.5 Å². The molecule has 3 aliphatic rings. The van der Waals surface area contributed by atoms with Gasteiger partial charge in [-0.15, -0.1) is 0 Å². The van der Waals surface area contributed by atoms with Gasteiger partial charge in [-0.2, -0.15) is 0 Å². The Kier molecular flexibility index (Phi) is 4.52. The summed E-state index contributed by atoms with van der Waals surface area (Å²) in [6.07, 6.45) is 7.87. The minimum Gasteiger partial charge on any atom is -0.481 e. The predicted octanol–water partition coefficient (Wildman–Crippen LogP) is 4.32. The molecule has 1 spiro atoms. The van der Waals surface area contributed by atoms with Crippen LogP contribution in [0.4, 0.5) is 0 Å². The molecule has 0 unspecified atom stereocenters. The quantitative estimate of drug-likeness (QED) is 0.793. The minimum absolute atomic E-state index is 0.442. The fourth-order valence-corrected chi connectivity index (χ4v) is 4.64. The van der Waals surface area contributed by atoms with Crippen LogP contribution in [0.1, 0.15) is 43.2 Å². The molecule has 1 aromatic carbocycles. The summed E-state index contributed by atoms with van der Waals surface area (Å²) in [4.78, 5) is 6.97. The summed E-state index contributed by atoms with van der Waals surface area (Å²) in [5.41, 5.74) is 4.60. The number of hydrogen-bond acceptors (Lipinski definition) is 5. The van der Waals surface area contributed by atoms with Gasteiger partial charge in [0.15, 0.2) is 0 Å². The van der Waals surface area contributed by atoms with Gasteiger partial charge in [-0.05, 0) is 43.0 Å². The van der Waals surface area contributed by atoms with Crippen molar-refractivity contribution in [1.29, 1.82) is 0 Å². The summed E-state index contributed by atoms with van der Waals surface area (Å²) < 4.78 is 18.0. The van der Waals surface area contributed by atoms with Crippen molar-refractivity contribution in [2.75, 3.05) is 20.2 Å². The van der Waals surface area contributed by atoms with Gasteiger partial charge in [-0.3, -0.25) is 4.90 Å². The second-order valence-corrected chi connectivity index (χ2v) is 8.23. The van der Waals surface area contributed by atoms with Crippen molar-refractivity contribution < 1.29 is 14.2 Å². The van der Waals surface area contributed by atoms with E-state index < -0.39 is 5.79 Å². The number of benzene rings is 1. The van der Waals surface area contributed by atoms with E-state index in [1.165, 1.54) is 24.8 Å². The van der Waals surface area contributed by atoms with Crippen LogP contribution in [0.25, 0.3) is 11.1 Å². The van der Waals surface area contributed by atoms with E-state index >= 15 is 0 Å². The largest absolute Gasteiger partial charge is 0.481 e. The summed E-state index contributed by atoms with van der Waals surface area (Å²) in [6, 6.07) is 8.98. The topological polar surface area (TPSA) is 43.8 Å². The Hall–Kier alpha value is -2.11. The van der Waals surface area contributed by atoms with E-state index in [9.17, 15) is 0 Å². The first-order chi connectivity index (χ1) is 13.7. The molecule has 0 amide bonds. The van der Waals surface area contributed by atoms with Crippen LogP contribution in [0.3, 0.4) is 0 Å². The number of rotatable bonds is 3. The first-order valence-electron chi connectivity index (χ1n) is 10.4. The van der Waals surface area contributed by atoms with Gasteiger partial charge in [0, 0.05) is 55.4 Å². The molecule has 1 saturated carbocycles. The predicted molar refractivity (Wildman–Crippen MR) is 108 cm³/mol. The molecule has 5 heteroatoms.